The fourth-order valence-corrected chi connectivity index (χ4v) is 2.80. The van der Waals surface area contributed by atoms with Crippen LogP contribution in [0.5, 0.6) is 0 Å². The summed E-state index contributed by atoms with van der Waals surface area (Å²) >= 11 is 3.57. The molecule has 0 saturated heterocycles. The monoisotopic (exact) mass is 300 g/mol. The zero-order valence-electron chi connectivity index (χ0n) is 12.2. The number of thiazole rings is 1. The summed E-state index contributed by atoms with van der Waals surface area (Å²) in [5, 5.41) is 9.84. The fourth-order valence-electron chi connectivity index (χ4n) is 1.47. The van der Waals surface area contributed by atoms with Crippen molar-refractivity contribution in [1.82, 2.24) is 15.6 Å². The molecule has 108 valence electrons. The van der Waals surface area contributed by atoms with Crippen molar-refractivity contribution in [2.75, 3.05) is 25.6 Å². The molecule has 0 aliphatic carbocycles. The molecule has 0 amide bonds. The molecule has 2 N–H and O–H groups in total. The van der Waals surface area contributed by atoms with Crippen molar-refractivity contribution in [3.63, 3.8) is 0 Å². The van der Waals surface area contributed by atoms with Gasteiger partial charge in [0.05, 0.1) is 12.2 Å². The number of aromatic nitrogens is 1. The van der Waals surface area contributed by atoms with Crippen LogP contribution in [-0.4, -0.2) is 36.5 Å². The van der Waals surface area contributed by atoms with Crippen LogP contribution in [-0.2, 0) is 6.54 Å². The molecule has 1 rings (SSSR count). The largest absolute Gasteiger partial charge is 0.356 e. The van der Waals surface area contributed by atoms with Crippen molar-refractivity contribution in [3.05, 3.63) is 16.1 Å². The highest BCUT2D eigenvalue weighted by atomic mass is 32.2. The second-order valence-corrected chi connectivity index (χ2v) is 6.45. The van der Waals surface area contributed by atoms with Crippen LogP contribution in [0, 0.1) is 0 Å². The average Bonchev–Trinajstić information content (AvgIpc) is 2.87. The number of thioether (sulfide) groups is 1. The Labute approximate surface area is 124 Å². The molecule has 0 aliphatic heterocycles. The number of guanidine groups is 1. The van der Waals surface area contributed by atoms with Gasteiger partial charge < -0.3 is 10.6 Å². The normalized spacial score (nSPS) is 11.9. The van der Waals surface area contributed by atoms with Crippen molar-refractivity contribution >= 4 is 29.1 Å². The highest BCUT2D eigenvalue weighted by Gasteiger charge is 2.06. The first-order valence-corrected chi connectivity index (χ1v) is 8.82. The Morgan fingerprint density at radius 2 is 2.26 bits per heavy atom. The lowest BCUT2D eigenvalue weighted by Crippen LogP contribution is -2.37. The summed E-state index contributed by atoms with van der Waals surface area (Å²) in [5.74, 6) is 2.52. The van der Waals surface area contributed by atoms with Gasteiger partial charge in [-0.25, -0.2) is 4.98 Å². The van der Waals surface area contributed by atoms with E-state index >= 15 is 0 Å². The van der Waals surface area contributed by atoms with Crippen molar-refractivity contribution in [1.29, 1.82) is 0 Å². The van der Waals surface area contributed by atoms with Gasteiger partial charge in [0.2, 0.25) is 0 Å². The molecule has 0 aromatic carbocycles. The summed E-state index contributed by atoms with van der Waals surface area (Å²) in [4.78, 5) is 8.80. The molecule has 0 spiro atoms. The number of nitrogens with zero attached hydrogens (tertiary/aromatic N) is 2. The summed E-state index contributed by atoms with van der Waals surface area (Å²) in [6.45, 7) is 6.02. The van der Waals surface area contributed by atoms with E-state index in [0.29, 0.717) is 5.92 Å². The summed E-state index contributed by atoms with van der Waals surface area (Å²) < 4.78 is 0. The molecule has 1 aromatic rings. The van der Waals surface area contributed by atoms with Gasteiger partial charge in [0.15, 0.2) is 5.96 Å². The Morgan fingerprint density at radius 3 is 2.84 bits per heavy atom. The molecule has 0 aliphatic rings. The van der Waals surface area contributed by atoms with Gasteiger partial charge in [0.25, 0.3) is 0 Å². The SMILES string of the molecule is CN=C(NCCCSC)NCc1nc(C(C)C)cs1. The van der Waals surface area contributed by atoms with Gasteiger partial charge in [-0.2, -0.15) is 11.8 Å². The molecule has 0 radical (unpaired) electrons. The lowest BCUT2D eigenvalue weighted by atomic mass is 10.2. The highest BCUT2D eigenvalue weighted by molar-refractivity contribution is 7.98. The van der Waals surface area contributed by atoms with Crippen LogP contribution in [0.2, 0.25) is 0 Å². The molecule has 4 nitrogen and oxygen atoms in total. The minimum absolute atomic E-state index is 0.494. The summed E-state index contributed by atoms with van der Waals surface area (Å²) in [5.41, 5.74) is 1.17. The topological polar surface area (TPSA) is 49.3 Å². The van der Waals surface area contributed by atoms with E-state index < -0.39 is 0 Å². The van der Waals surface area contributed by atoms with Crippen molar-refractivity contribution in [2.45, 2.75) is 32.7 Å². The van der Waals surface area contributed by atoms with E-state index in [2.05, 4.69) is 46.1 Å². The minimum atomic E-state index is 0.494. The predicted octanol–water partition coefficient (Wildman–Crippen LogP) is 2.68. The number of hydrogen-bond donors (Lipinski definition) is 2. The van der Waals surface area contributed by atoms with E-state index in [0.717, 1.165) is 30.5 Å². The molecular weight excluding hydrogens is 276 g/mol. The zero-order valence-corrected chi connectivity index (χ0v) is 13.8. The van der Waals surface area contributed by atoms with Gasteiger partial charge >= 0.3 is 0 Å². The standard InChI is InChI=1S/C13H24N4S2/c1-10(2)11-9-19-12(17-11)8-16-13(14-3)15-6-5-7-18-4/h9-10H,5-8H2,1-4H3,(H2,14,15,16). The molecule has 1 aromatic heterocycles. The van der Waals surface area contributed by atoms with E-state index in [4.69, 9.17) is 0 Å². The molecule has 0 atom stereocenters. The molecule has 6 heteroatoms. The molecular formula is C13H24N4S2. The minimum Gasteiger partial charge on any atom is -0.356 e. The Kier molecular flexibility index (Phi) is 7.90. The summed E-state index contributed by atoms with van der Waals surface area (Å²) in [7, 11) is 1.80. The highest BCUT2D eigenvalue weighted by Crippen LogP contribution is 2.17. The van der Waals surface area contributed by atoms with E-state index in [9.17, 15) is 0 Å². The lowest BCUT2D eigenvalue weighted by Gasteiger charge is -2.10. The smallest absolute Gasteiger partial charge is 0.191 e. The number of aliphatic imine (C=N–C) groups is 1. The molecule has 0 fully saturated rings. The third-order valence-corrected chi connectivity index (χ3v) is 4.17. The first kappa shape index (κ1) is 16.3. The van der Waals surface area contributed by atoms with Crippen LogP contribution in [0.15, 0.2) is 10.4 Å². The van der Waals surface area contributed by atoms with Crippen LogP contribution < -0.4 is 10.6 Å². The van der Waals surface area contributed by atoms with Gasteiger partial charge in [-0.1, -0.05) is 13.8 Å². The van der Waals surface area contributed by atoms with Gasteiger partial charge in [0, 0.05) is 19.0 Å². The fraction of sp³-hybridized carbons (Fsp3) is 0.692. The van der Waals surface area contributed by atoms with Crippen molar-refractivity contribution in [2.24, 2.45) is 4.99 Å². The second-order valence-electron chi connectivity index (χ2n) is 4.52. The number of rotatable bonds is 7. The van der Waals surface area contributed by atoms with Crippen LogP contribution in [0.1, 0.15) is 36.9 Å². The van der Waals surface area contributed by atoms with Crippen LogP contribution in [0.3, 0.4) is 0 Å². The Bertz CT molecular complexity index is 388. The number of hydrogen-bond acceptors (Lipinski definition) is 4. The Hall–Kier alpha value is -0.750. The van der Waals surface area contributed by atoms with Crippen molar-refractivity contribution in [3.8, 4) is 0 Å². The quantitative estimate of drug-likeness (QED) is 0.462. The van der Waals surface area contributed by atoms with E-state index in [1.165, 1.54) is 11.4 Å². The molecule has 0 saturated carbocycles. The van der Waals surface area contributed by atoms with Gasteiger partial charge in [-0.3, -0.25) is 4.99 Å². The van der Waals surface area contributed by atoms with E-state index in [1.54, 1.807) is 18.4 Å². The maximum atomic E-state index is 4.60. The molecule has 0 bridgehead atoms. The molecule has 1 heterocycles. The number of nitrogens with one attached hydrogen (secondary N) is 2. The van der Waals surface area contributed by atoms with Crippen molar-refractivity contribution < 1.29 is 0 Å². The van der Waals surface area contributed by atoms with E-state index in [-0.39, 0.29) is 0 Å². The predicted molar refractivity (Wildman–Crippen MR) is 87.4 cm³/mol. The van der Waals surface area contributed by atoms with Crippen LogP contribution in [0.25, 0.3) is 0 Å². The molecule has 0 unspecified atom stereocenters. The Balaban J connectivity index is 2.32. The third-order valence-electron chi connectivity index (χ3n) is 2.61. The van der Waals surface area contributed by atoms with Gasteiger partial charge in [-0.15, -0.1) is 11.3 Å². The van der Waals surface area contributed by atoms with Gasteiger partial charge in [-0.05, 0) is 24.3 Å². The second kappa shape index (κ2) is 9.20. The Morgan fingerprint density at radius 1 is 1.47 bits per heavy atom. The molecule has 19 heavy (non-hydrogen) atoms. The maximum Gasteiger partial charge on any atom is 0.191 e. The summed E-state index contributed by atoms with van der Waals surface area (Å²) in [6.07, 6.45) is 3.28. The average molecular weight is 300 g/mol. The maximum absolute atomic E-state index is 4.60. The zero-order chi connectivity index (χ0) is 14.1. The van der Waals surface area contributed by atoms with Crippen LogP contribution in [0.4, 0.5) is 0 Å². The first-order chi connectivity index (χ1) is 9.17. The third kappa shape index (κ3) is 6.29. The van der Waals surface area contributed by atoms with E-state index in [1.807, 2.05) is 11.8 Å². The first-order valence-electron chi connectivity index (χ1n) is 6.55. The lowest BCUT2D eigenvalue weighted by molar-refractivity contribution is 0.773. The van der Waals surface area contributed by atoms with Crippen LogP contribution >= 0.6 is 23.1 Å². The van der Waals surface area contributed by atoms with Gasteiger partial charge in [0.1, 0.15) is 5.01 Å². The summed E-state index contributed by atoms with van der Waals surface area (Å²) in [6, 6.07) is 0.